The van der Waals surface area contributed by atoms with Gasteiger partial charge in [-0.3, -0.25) is 0 Å². The van der Waals surface area contributed by atoms with Crippen molar-refractivity contribution in [1.82, 2.24) is 0 Å². The Morgan fingerprint density at radius 2 is 2.06 bits per heavy atom. The van der Waals surface area contributed by atoms with Crippen LogP contribution in [0.1, 0.15) is 24.2 Å². The summed E-state index contributed by atoms with van der Waals surface area (Å²) in [4.78, 5) is 11.2. The summed E-state index contributed by atoms with van der Waals surface area (Å²) in [5.41, 5.74) is -0.442. The van der Waals surface area contributed by atoms with Gasteiger partial charge in [0.15, 0.2) is 0 Å². The highest BCUT2D eigenvalue weighted by atomic mass is 32.2. The number of sulfonamides is 1. The molecule has 0 amide bonds. The third-order valence-corrected chi connectivity index (χ3v) is 2.95. The van der Waals surface area contributed by atoms with E-state index in [1.165, 1.54) is 0 Å². The number of rotatable bonds is 4. The van der Waals surface area contributed by atoms with E-state index in [1.807, 2.05) is 13.8 Å². The van der Waals surface area contributed by atoms with E-state index in [0.29, 0.717) is 0 Å². The van der Waals surface area contributed by atoms with Gasteiger partial charge in [-0.1, -0.05) is 13.8 Å². The molecular weight excluding hydrogens is 261 g/mol. The summed E-state index contributed by atoms with van der Waals surface area (Å²) < 4.78 is 40.4. The largest absolute Gasteiger partial charge is 0.462 e. The molecule has 0 saturated heterocycles. The molecule has 0 saturated carbocycles. The molecule has 0 atom stereocenters. The summed E-state index contributed by atoms with van der Waals surface area (Å²) in [5.74, 6) is -1.67. The highest BCUT2D eigenvalue weighted by Crippen LogP contribution is 2.15. The molecule has 0 aliphatic carbocycles. The molecule has 0 aliphatic heterocycles. The van der Waals surface area contributed by atoms with Crippen LogP contribution >= 0.6 is 0 Å². The van der Waals surface area contributed by atoms with Crippen molar-refractivity contribution in [2.75, 3.05) is 6.61 Å². The fourth-order valence-corrected chi connectivity index (χ4v) is 1.70. The van der Waals surface area contributed by atoms with Gasteiger partial charge in [0.1, 0.15) is 5.82 Å². The molecule has 7 heteroatoms. The van der Waals surface area contributed by atoms with Gasteiger partial charge in [0.25, 0.3) is 0 Å². The molecule has 1 rings (SSSR count). The number of primary sulfonamides is 1. The molecule has 2 N–H and O–H groups in total. The lowest BCUT2D eigenvalue weighted by Crippen LogP contribution is -2.16. The van der Waals surface area contributed by atoms with Gasteiger partial charge in [-0.2, -0.15) is 0 Å². The molecule has 0 radical (unpaired) electrons. The van der Waals surface area contributed by atoms with E-state index in [-0.39, 0.29) is 17.4 Å². The van der Waals surface area contributed by atoms with E-state index in [4.69, 9.17) is 9.88 Å². The Balaban J connectivity index is 3.05. The first-order valence-electron chi connectivity index (χ1n) is 5.21. The standard InChI is InChI=1S/C11H14FNO4S/c1-7(2)6-17-11(14)9-5-8(18(13,15)16)3-4-10(9)12/h3-5,7H,6H2,1-2H3,(H2,13,15,16). The lowest BCUT2D eigenvalue weighted by Gasteiger charge is -2.08. The van der Waals surface area contributed by atoms with Gasteiger partial charge < -0.3 is 4.74 Å². The molecule has 0 fully saturated rings. The zero-order chi connectivity index (χ0) is 13.9. The van der Waals surface area contributed by atoms with E-state index in [9.17, 15) is 17.6 Å². The van der Waals surface area contributed by atoms with Crippen molar-refractivity contribution in [3.05, 3.63) is 29.6 Å². The van der Waals surface area contributed by atoms with E-state index in [0.717, 1.165) is 18.2 Å². The van der Waals surface area contributed by atoms with Crippen LogP contribution < -0.4 is 5.14 Å². The zero-order valence-electron chi connectivity index (χ0n) is 10.0. The number of carbonyl (C=O) groups is 1. The van der Waals surface area contributed by atoms with Crippen LogP contribution in [0.5, 0.6) is 0 Å². The van der Waals surface area contributed by atoms with E-state index in [2.05, 4.69) is 0 Å². The normalized spacial score (nSPS) is 11.6. The highest BCUT2D eigenvalue weighted by molar-refractivity contribution is 7.89. The molecule has 0 bridgehead atoms. The average Bonchev–Trinajstić information content (AvgIpc) is 2.24. The first-order valence-corrected chi connectivity index (χ1v) is 6.76. The fraction of sp³-hybridized carbons (Fsp3) is 0.364. The van der Waals surface area contributed by atoms with Crippen molar-refractivity contribution in [2.24, 2.45) is 11.1 Å². The van der Waals surface area contributed by atoms with E-state index < -0.39 is 27.4 Å². The Bertz CT molecular complexity index is 554. The highest BCUT2D eigenvalue weighted by Gasteiger charge is 2.18. The molecule has 5 nitrogen and oxygen atoms in total. The van der Waals surface area contributed by atoms with Gasteiger partial charge in [-0.25, -0.2) is 22.7 Å². The molecule has 0 spiro atoms. The number of carbonyl (C=O) groups excluding carboxylic acids is 1. The van der Waals surface area contributed by atoms with Crippen molar-refractivity contribution in [3.63, 3.8) is 0 Å². The summed E-state index contributed by atoms with van der Waals surface area (Å²) in [6.45, 7) is 3.77. The fourth-order valence-electron chi connectivity index (χ4n) is 1.16. The second-order valence-corrected chi connectivity index (χ2v) is 5.74. The number of benzene rings is 1. The van der Waals surface area contributed by atoms with Gasteiger partial charge in [0.05, 0.1) is 17.1 Å². The Kier molecular flexibility index (Phi) is 4.42. The predicted molar refractivity (Wildman–Crippen MR) is 62.9 cm³/mol. The SMILES string of the molecule is CC(C)COC(=O)c1cc(S(N)(=O)=O)ccc1F. The molecule has 0 aliphatic rings. The minimum absolute atomic E-state index is 0.0958. The van der Waals surface area contributed by atoms with Crippen molar-refractivity contribution in [3.8, 4) is 0 Å². The van der Waals surface area contributed by atoms with E-state index in [1.54, 1.807) is 0 Å². The number of hydrogen-bond acceptors (Lipinski definition) is 4. The van der Waals surface area contributed by atoms with Crippen molar-refractivity contribution in [2.45, 2.75) is 18.7 Å². The minimum atomic E-state index is -3.98. The topological polar surface area (TPSA) is 86.5 Å². The van der Waals surface area contributed by atoms with Gasteiger partial charge in [-0.05, 0) is 24.1 Å². The van der Waals surface area contributed by atoms with Crippen LogP contribution in [0.2, 0.25) is 0 Å². The van der Waals surface area contributed by atoms with Gasteiger partial charge >= 0.3 is 5.97 Å². The smallest absolute Gasteiger partial charge is 0.341 e. The van der Waals surface area contributed by atoms with Crippen LogP contribution in [-0.4, -0.2) is 21.0 Å². The summed E-state index contributed by atoms with van der Waals surface area (Å²) in [6.07, 6.45) is 0. The molecule has 0 aromatic heterocycles. The molecule has 0 heterocycles. The van der Waals surface area contributed by atoms with Crippen LogP contribution in [0.4, 0.5) is 4.39 Å². The maximum absolute atomic E-state index is 13.4. The lowest BCUT2D eigenvalue weighted by atomic mass is 10.2. The number of esters is 1. The Morgan fingerprint density at radius 3 is 2.56 bits per heavy atom. The molecule has 18 heavy (non-hydrogen) atoms. The average molecular weight is 275 g/mol. The molecule has 1 aromatic carbocycles. The maximum Gasteiger partial charge on any atom is 0.341 e. The van der Waals surface area contributed by atoms with Crippen molar-refractivity contribution < 1.29 is 22.3 Å². The van der Waals surface area contributed by atoms with E-state index >= 15 is 0 Å². The van der Waals surface area contributed by atoms with Gasteiger partial charge in [0, 0.05) is 0 Å². The molecule has 100 valence electrons. The van der Waals surface area contributed by atoms with Crippen molar-refractivity contribution in [1.29, 1.82) is 0 Å². The van der Waals surface area contributed by atoms with Crippen molar-refractivity contribution >= 4 is 16.0 Å². The van der Waals surface area contributed by atoms with Crippen LogP contribution in [0.15, 0.2) is 23.1 Å². The second-order valence-electron chi connectivity index (χ2n) is 4.18. The third kappa shape index (κ3) is 3.78. The number of ether oxygens (including phenoxy) is 1. The summed E-state index contributed by atoms with van der Waals surface area (Å²) in [5, 5.41) is 4.90. The maximum atomic E-state index is 13.4. The predicted octanol–water partition coefficient (Wildman–Crippen LogP) is 1.29. The van der Waals surface area contributed by atoms with Crippen LogP contribution in [-0.2, 0) is 14.8 Å². The quantitative estimate of drug-likeness (QED) is 0.839. The summed E-state index contributed by atoms with van der Waals surface area (Å²) in [6, 6.07) is 2.73. The van der Waals surface area contributed by atoms with Crippen LogP contribution in [0.25, 0.3) is 0 Å². The summed E-state index contributed by atoms with van der Waals surface area (Å²) in [7, 11) is -3.98. The zero-order valence-corrected chi connectivity index (χ0v) is 10.8. The third-order valence-electron chi connectivity index (χ3n) is 2.03. The van der Waals surface area contributed by atoms with Crippen LogP contribution in [0.3, 0.4) is 0 Å². The van der Waals surface area contributed by atoms with Crippen LogP contribution in [0, 0.1) is 11.7 Å². The van der Waals surface area contributed by atoms with Gasteiger partial charge in [0.2, 0.25) is 10.0 Å². The number of nitrogens with two attached hydrogens (primary N) is 1. The monoisotopic (exact) mass is 275 g/mol. The molecule has 0 unspecified atom stereocenters. The number of halogens is 1. The Hall–Kier alpha value is -1.47. The lowest BCUT2D eigenvalue weighted by molar-refractivity contribution is 0.0453. The Labute approximate surface area is 105 Å². The van der Waals surface area contributed by atoms with Gasteiger partial charge in [-0.15, -0.1) is 0 Å². The first kappa shape index (κ1) is 14.6. The minimum Gasteiger partial charge on any atom is -0.462 e. The molecular formula is C11H14FNO4S. The molecule has 1 aromatic rings. The Morgan fingerprint density at radius 1 is 1.44 bits per heavy atom. The summed E-state index contributed by atoms with van der Waals surface area (Å²) >= 11 is 0. The first-order chi connectivity index (χ1) is 8.21. The second kappa shape index (κ2) is 5.45. The number of hydrogen-bond donors (Lipinski definition) is 1.